The molecule has 26 aromatic rings. The van der Waals surface area contributed by atoms with Gasteiger partial charge < -0.3 is 23.5 Å². The number of benzene rings is 24. The first-order valence-corrected chi connectivity index (χ1v) is 51.6. The van der Waals surface area contributed by atoms with Crippen molar-refractivity contribution in [2.24, 2.45) is 0 Å². The summed E-state index contributed by atoms with van der Waals surface area (Å²) in [6, 6.07) is 206. The predicted octanol–water partition coefficient (Wildman–Crippen LogP) is 38.1. The maximum Gasteiger partial charge on any atom is 0.137 e. The van der Waals surface area contributed by atoms with E-state index in [1.165, 1.54) is 155 Å². The molecule has 24 aromatic carbocycles. The molecule has 30 rings (SSSR count). The molecule has 0 spiro atoms. The third kappa shape index (κ3) is 13.8. The van der Waals surface area contributed by atoms with Crippen LogP contribution in [-0.4, -0.2) is 0 Å². The molecule has 5 heteroatoms. The lowest BCUT2D eigenvalue weighted by Crippen LogP contribution is -2.28. The lowest BCUT2D eigenvalue weighted by atomic mass is 9.67. The Bertz CT molecular complexity index is 9560. The van der Waals surface area contributed by atoms with E-state index in [0.29, 0.717) is 0 Å². The molecular weight excluding hydrogens is 1800 g/mol. The van der Waals surface area contributed by atoms with Crippen LogP contribution in [0.5, 0.6) is 0 Å². The van der Waals surface area contributed by atoms with Gasteiger partial charge in [-0.1, -0.05) is 445 Å². The van der Waals surface area contributed by atoms with Gasteiger partial charge in [-0.05, 0) is 282 Å². The van der Waals surface area contributed by atoms with E-state index in [4.69, 9.17) is 8.83 Å². The van der Waals surface area contributed by atoms with Crippen LogP contribution >= 0.6 is 0 Å². The van der Waals surface area contributed by atoms with Gasteiger partial charge in [0.2, 0.25) is 0 Å². The summed E-state index contributed by atoms with van der Waals surface area (Å²) in [5.41, 5.74) is 40.6. The van der Waals surface area contributed by atoms with Gasteiger partial charge in [-0.2, -0.15) is 0 Å². The molecule has 4 aliphatic carbocycles. The molecule has 0 saturated carbocycles. The number of hydrogen-bond acceptors (Lipinski definition) is 5. The normalized spacial score (nSPS) is 13.5. The fraction of sp³-hybridized carbons (Fsp3) is 0.0417. The smallest absolute Gasteiger partial charge is 0.137 e. The van der Waals surface area contributed by atoms with E-state index in [1.54, 1.807) is 0 Å². The topological polar surface area (TPSA) is 36.0 Å². The molecule has 5 nitrogen and oxygen atoms in total. The van der Waals surface area contributed by atoms with Gasteiger partial charge in [0.1, 0.15) is 22.3 Å². The van der Waals surface area contributed by atoms with E-state index >= 15 is 0 Å². The first kappa shape index (κ1) is 87.8. The van der Waals surface area contributed by atoms with Crippen LogP contribution in [0, 0.1) is 0 Å². The molecule has 0 atom stereocenters. The zero-order chi connectivity index (χ0) is 98.9. The molecule has 0 aliphatic heterocycles. The summed E-state index contributed by atoms with van der Waals surface area (Å²) in [6.45, 7) is 4.72. The molecule has 4 aliphatic rings. The second kappa shape index (κ2) is 35.5. The third-order valence-corrected chi connectivity index (χ3v) is 32.2. The second-order valence-electron chi connectivity index (χ2n) is 40.2. The molecule has 0 N–H and O–H groups in total. The van der Waals surface area contributed by atoms with Crippen molar-refractivity contribution in [3.8, 4) is 44.5 Å². The van der Waals surface area contributed by atoms with Gasteiger partial charge in [-0.15, -0.1) is 0 Å². The van der Waals surface area contributed by atoms with Crippen LogP contribution in [-0.2, 0) is 21.7 Å². The number of fused-ring (bicyclic) bond motifs is 24. The Morgan fingerprint density at radius 2 is 0.409 bits per heavy atom. The van der Waals surface area contributed by atoms with Gasteiger partial charge in [-0.3, -0.25) is 0 Å². The lowest BCUT2D eigenvalue weighted by Gasteiger charge is -2.34. The Morgan fingerprint density at radius 3 is 0.799 bits per heavy atom. The number of nitrogens with zero attached hydrogens (tertiary/aromatic N) is 3. The van der Waals surface area contributed by atoms with Gasteiger partial charge >= 0.3 is 0 Å². The van der Waals surface area contributed by atoms with Gasteiger partial charge in [-0.25, -0.2) is 0 Å². The number of hydrogen-bond donors (Lipinski definition) is 0. The molecule has 0 amide bonds. The Kier molecular flexibility index (Phi) is 20.9. The highest BCUT2D eigenvalue weighted by molar-refractivity contribution is 6.12. The Hall–Kier alpha value is -18.9. The van der Waals surface area contributed by atoms with Crippen LogP contribution in [0.15, 0.2) is 573 Å². The molecule has 2 aromatic heterocycles. The quantitative estimate of drug-likeness (QED) is 0.102. The molecule has 0 unspecified atom stereocenters. The van der Waals surface area contributed by atoms with E-state index in [1.807, 2.05) is 24.3 Å². The molecule has 0 saturated heterocycles. The van der Waals surface area contributed by atoms with Crippen LogP contribution in [0.3, 0.4) is 0 Å². The van der Waals surface area contributed by atoms with E-state index in [-0.39, 0.29) is 5.41 Å². The molecule has 0 fully saturated rings. The van der Waals surface area contributed by atoms with Gasteiger partial charge in [0.15, 0.2) is 0 Å². The zero-order valence-electron chi connectivity index (χ0n) is 82.4. The SMILES string of the molecule is CC1(C)c2ccccc2-c2ccc(N(c3ccccc3)c3ccc4c(c3)-c3c(ccc5ccccc35)C4(c3ccccc3)c3ccccc3)cc21.c1ccc(N(c2ccc3c(c2)-c2c(ccc4ccccc24)C3(c2ccccc2)c2ccccc2)c2ccc3c(c2)oc2ccccc23)cc1.c1ccc(N(c2ccc3c(c2)-c2c(ccc4ccccc24)C3(c2ccccc2)c2ccccc2)c2ccc3oc4ccccc4c3c2)cc1. The molecule has 149 heavy (non-hydrogen) atoms. The highest BCUT2D eigenvalue weighted by Gasteiger charge is 2.51. The van der Waals surface area contributed by atoms with Crippen molar-refractivity contribution in [3.63, 3.8) is 0 Å². The summed E-state index contributed by atoms with van der Waals surface area (Å²) in [6.07, 6.45) is 0. The van der Waals surface area contributed by atoms with Crippen molar-refractivity contribution in [2.75, 3.05) is 14.7 Å². The summed E-state index contributed by atoms with van der Waals surface area (Å²) < 4.78 is 12.6. The van der Waals surface area contributed by atoms with Crippen LogP contribution in [0.1, 0.15) is 91.7 Å². The monoisotopic (exact) mass is 1900 g/mol. The summed E-state index contributed by atoms with van der Waals surface area (Å²) in [5, 5.41) is 12.0. The molecule has 0 radical (unpaired) electrons. The van der Waals surface area contributed by atoms with Gasteiger partial charge in [0.25, 0.3) is 0 Å². The van der Waals surface area contributed by atoms with E-state index in [9.17, 15) is 0 Å². The number of rotatable bonds is 15. The van der Waals surface area contributed by atoms with Crippen LogP contribution in [0.25, 0.3) is 121 Å². The maximum absolute atomic E-state index is 6.38. The highest BCUT2D eigenvalue weighted by atomic mass is 16.3. The molecule has 0 bridgehead atoms. The fourth-order valence-electron chi connectivity index (χ4n) is 25.8. The third-order valence-electron chi connectivity index (χ3n) is 32.2. The van der Waals surface area contributed by atoms with E-state index in [2.05, 4.69) is 568 Å². The van der Waals surface area contributed by atoms with E-state index < -0.39 is 16.2 Å². The summed E-state index contributed by atoms with van der Waals surface area (Å²) in [4.78, 5) is 7.16. The van der Waals surface area contributed by atoms with Crippen molar-refractivity contribution >= 4 is 127 Å². The number of anilines is 9. The second-order valence-corrected chi connectivity index (χ2v) is 40.2. The predicted molar refractivity (Wildman–Crippen MR) is 620 cm³/mol. The summed E-state index contributed by atoms with van der Waals surface area (Å²) in [7, 11) is 0. The Labute approximate surface area is 866 Å². The fourth-order valence-corrected chi connectivity index (χ4v) is 25.8. The number of para-hydroxylation sites is 5. The van der Waals surface area contributed by atoms with Crippen molar-refractivity contribution < 1.29 is 8.83 Å². The summed E-state index contributed by atoms with van der Waals surface area (Å²) in [5.74, 6) is 0. The Morgan fingerprint density at radius 1 is 0.148 bits per heavy atom. The van der Waals surface area contributed by atoms with E-state index in [0.717, 1.165) is 95.1 Å². The molecular formula is C144H99N3O2. The van der Waals surface area contributed by atoms with Crippen LogP contribution in [0.2, 0.25) is 0 Å². The first-order valence-electron chi connectivity index (χ1n) is 51.6. The Balaban J connectivity index is 0.000000108. The zero-order valence-corrected chi connectivity index (χ0v) is 82.4. The number of furan rings is 2. The molecule has 2 heterocycles. The maximum atomic E-state index is 6.38. The largest absolute Gasteiger partial charge is 0.456 e. The van der Waals surface area contributed by atoms with Crippen molar-refractivity contribution in [2.45, 2.75) is 35.5 Å². The minimum absolute atomic E-state index is 0.0922. The highest BCUT2D eigenvalue weighted by Crippen LogP contribution is 2.64. The van der Waals surface area contributed by atoms with Crippen LogP contribution < -0.4 is 14.7 Å². The van der Waals surface area contributed by atoms with Gasteiger partial charge in [0, 0.05) is 84.2 Å². The van der Waals surface area contributed by atoms with Crippen molar-refractivity contribution in [1.29, 1.82) is 0 Å². The van der Waals surface area contributed by atoms with Crippen molar-refractivity contribution in [3.05, 3.63) is 642 Å². The minimum atomic E-state index is -0.472. The van der Waals surface area contributed by atoms with Crippen molar-refractivity contribution in [1.82, 2.24) is 0 Å². The lowest BCUT2D eigenvalue weighted by molar-refractivity contribution is 0.660. The standard InChI is InChI=1S/C50H37N.2C47H31NO/c1-49(2)44-25-15-14-24-41(44)42-29-27-39(33-47(42)49)51(37-21-10-5-11-22-37)38-28-31-45-43(32-38)48-40-23-13-12-16-34(40)26-30-46(48)50(45,35-17-6-3-7-18-35)36-19-8-4-9-20-36;1-4-15-33(16-5-1)47(34-17-6-2-7-18-34)42-29-26-36(30-41(42)46-38-21-11-10-14-32(38)24-28-43(46)47)48(35-19-8-3-9-20-35)37-25-27-40-39-22-12-13-23-44(39)49-45(40)31-37;1-4-15-33(16-5-1)47(34-17-6-2-7-18-34)42-28-25-36(31-41(42)46-38-21-11-10-14-32(38)24-27-43(46)47)48(35-19-8-3-9-20-35)37-26-29-45-40(30-37)39-22-12-13-23-44(39)49-45/h3-33H,1-2H3;2*1-31H. The average molecular weight is 1900 g/mol. The van der Waals surface area contributed by atoms with Gasteiger partial charge in [0.05, 0.1) is 16.2 Å². The minimum Gasteiger partial charge on any atom is -0.456 e. The summed E-state index contributed by atoms with van der Waals surface area (Å²) >= 11 is 0. The average Bonchev–Trinajstić information content (AvgIpc) is 1.47. The van der Waals surface area contributed by atoms with Crippen LogP contribution in [0.4, 0.5) is 51.2 Å². The molecule has 702 valence electrons. The first-order chi connectivity index (χ1) is 73.7.